The van der Waals surface area contributed by atoms with E-state index in [0.717, 1.165) is 28.8 Å². The second-order valence-electron chi connectivity index (χ2n) is 5.92. The van der Waals surface area contributed by atoms with Crippen LogP contribution in [-0.2, 0) is 14.3 Å². The van der Waals surface area contributed by atoms with Crippen LogP contribution in [-0.4, -0.2) is 52.2 Å². The molecule has 7 heteroatoms. The molecule has 0 N–H and O–H groups in total. The number of hydrogen-bond donors (Lipinski definition) is 0. The van der Waals surface area contributed by atoms with Gasteiger partial charge < -0.3 is 9.64 Å². The summed E-state index contributed by atoms with van der Waals surface area (Å²) in [4.78, 5) is 34.8. The van der Waals surface area contributed by atoms with Crippen LogP contribution in [0.3, 0.4) is 0 Å². The zero-order valence-electron chi connectivity index (χ0n) is 14.2. The second kappa shape index (κ2) is 8.29. The fraction of sp³-hybridized carbons (Fsp3) is 0.444. The van der Waals surface area contributed by atoms with Crippen molar-refractivity contribution >= 4 is 34.5 Å². The summed E-state index contributed by atoms with van der Waals surface area (Å²) in [6.45, 7) is 3.31. The van der Waals surface area contributed by atoms with Crippen LogP contribution in [0, 0.1) is 5.92 Å². The molecule has 25 heavy (non-hydrogen) atoms. The number of ether oxygens (including phenoxy) is 1. The van der Waals surface area contributed by atoms with Gasteiger partial charge in [-0.05, 0) is 25.8 Å². The van der Waals surface area contributed by atoms with Crippen molar-refractivity contribution in [1.29, 1.82) is 0 Å². The summed E-state index contributed by atoms with van der Waals surface area (Å²) >= 11 is 1.41. The molecule has 1 aromatic heterocycles. The van der Waals surface area contributed by atoms with Crippen LogP contribution >= 0.6 is 11.8 Å². The Balaban J connectivity index is 1.61. The molecule has 1 saturated heterocycles. The van der Waals surface area contributed by atoms with E-state index in [1.807, 2.05) is 24.3 Å². The number of piperidine rings is 1. The number of thioether (sulfide) groups is 1. The molecule has 1 aromatic carbocycles. The molecule has 0 unspecified atom stereocenters. The van der Waals surface area contributed by atoms with Gasteiger partial charge in [0.2, 0.25) is 5.91 Å². The van der Waals surface area contributed by atoms with Gasteiger partial charge in [-0.15, -0.1) is 0 Å². The first kappa shape index (κ1) is 17.7. The fourth-order valence-electron chi connectivity index (χ4n) is 2.97. The molecule has 1 atom stereocenters. The molecule has 0 radical (unpaired) electrons. The van der Waals surface area contributed by atoms with Crippen molar-refractivity contribution in [3.05, 3.63) is 30.6 Å². The standard InChI is InChI=1S/C18H21N3O3S/c1-2-24-18(23)13-6-5-9-21(10-13)16(22)11-25-17-14-7-3-4-8-15(14)19-12-20-17/h3-4,7-8,12-13H,2,5-6,9-11H2,1H3/t13-/m0/s1. The van der Waals surface area contributed by atoms with Gasteiger partial charge in [-0.1, -0.05) is 30.0 Å². The number of nitrogens with zero attached hydrogens (tertiary/aromatic N) is 3. The van der Waals surface area contributed by atoms with Crippen molar-refractivity contribution in [1.82, 2.24) is 14.9 Å². The van der Waals surface area contributed by atoms with Gasteiger partial charge in [-0.2, -0.15) is 0 Å². The van der Waals surface area contributed by atoms with Crippen molar-refractivity contribution in [2.45, 2.75) is 24.8 Å². The number of rotatable bonds is 5. The lowest BCUT2D eigenvalue weighted by Gasteiger charge is -2.31. The Hall–Kier alpha value is -2.15. The highest BCUT2D eigenvalue weighted by atomic mass is 32.2. The van der Waals surface area contributed by atoms with Crippen LogP contribution in [0.4, 0.5) is 0 Å². The molecular weight excluding hydrogens is 338 g/mol. The van der Waals surface area contributed by atoms with Crippen molar-refractivity contribution < 1.29 is 14.3 Å². The molecule has 2 aromatic rings. The van der Waals surface area contributed by atoms with Crippen LogP contribution in [0.25, 0.3) is 10.9 Å². The summed E-state index contributed by atoms with van der Waals surface area (Å²) < 4.78 is 5.09. The first-order chi connectivity index (χ1) is 12.2. The van der Waals surface area contributed by atoms with E-state index in [1.54, 1.807) is 11.8 Å². The van der Waals surface area contributed by atoms with Gasteiger partial charge in [0.25, 0.3) is 0 Å². The Morgan fingerprint density at radius 1 is 1.32 bits per heavy atom. The number of carbonyl (C=O) groups is 2. The average Bonchev–Trinajstić information content (AvgIpc) is 2.66. The highest BCUT2D eigenvalue weighted by molar-refractivity contribution is 8.00. The lowest BCUT2D eigenvalue weighted by molar-refractivity contribution is -0.151. The smallest absolute Gasteiger partial charge is 0.310 e. The van der Waals surface area contributed by atoms with E-state index in [1.165, 1.54) is 18.1 Å². The SMILES string of the molecule is CCOC(=O)[C@H]1CCCN(C(=O)CSc2ncnc3ccccc23)C1. The van der Waals surface area contributed by atoms with E-state index in [-0.39, 0.29) is 17.8 Å². The molecule has 1 aliphatic rings. The highest BCUT2D eigenvalue weighted by Crippen LogP contribution is 2.25. The lowest BCUT2D eigenvalue weighted by Crippen LogP contribution is -2.43. The summed E-state index contributed by atoms with van der Waals surface area (Å²) in [6.07, 6.45) is 3.13. The zero-order chi connectivity index (χ0) is 17.6. The molecule has 1 fully saturated rings. The Kier molecular flexibility index (Phi) is 5.86. The van der Waals surface area contributed by atoms with Crippen molar-refractivity contribution in [3.8, 4) is 0 Å². The minimum absolute atomic E-state index is 0.0293. The number of amides is 1. The molecule has 3 rings (SSSR count). The maximum absolute atomic E-state index is 12.5. The third-order valence-corrected chi connectivity index (χ3v) is 5.22. The van der Waals surface area contributed by atoms with E-state index in [0.29, 0.717) is 25.4 Å². The number of hydrogen-bond acceptors (Lipinski definition) is 6. The Morgan fingerprint density at radius 2 is 2.16 bits per heavy atom. The van der Waals surface area contributed by atoms with Gasteiger partial charge in [-0.25, -0.2) is 9.97 Å². The predicted octanol–water partition coefficient (Wildman–Crippen LogP) is 2.52. The molecule has 0 aliphatic carbocycles. The van der Waals surface area contributed by atoms with Crippen LogP contribution in [0.5, 0.6) is 0 Å². The topological polar surface area (TPSA) is 72.4 Å². The van der Waals surface area contributed by atoms with E-state index in [9.17, 15) is 9.59 Å². The first-order valence-corrected chi connectivity index (χ1v) is 9.44. The number of benzene rings is 1. The number of carbonyl (C=O) groups excluding carboxylic acids is 2. The second-order valence-corrected chi connectivity index (χ2v) is 6.88. The third kappa shape index (κ3) is 4.28. The largest absolute Gasteiger partial charge is 0.466 e. The zero-order valence-corrected chi connectivity index (χ0v) is 15.0. The van der Waals surface area contributed by atoms with Crippen molar-refractivity contribution in [2.75, 3.05) is 25.4 Å². The highest BCUT2D eigenvalue weighted by Gasteiger charge is 2.29. The van der Waals surface area contributed by atoms with Gasteiger partial charge in [0.15, 0.2) is 0 Å². The summed E-state index contributed by atoms with van der Waals surface area (Å²) in [6, 6.07) is 7.75. The molecule has 132 valence electrons. The van der Waals surface area contributed by atoms with E-state index in [2.05, 4.69) is 9.97 Å². The third-order valence-electron chi connectivity index (χ3n) is 4.23. The van der Waals surface area contributed by atoms with Gasteiger partial charge in [-0.3, -0.25) is 9.59 Å². The van der Waals surface area contributed by atoms with Crippen LogP contribution in [0.1, 0.15) is 19.8 Å². The van der Waals surface area contributed by atoms with Crippen LogP contribution in [0.2, 0.25) is 0 Å². The molecule has 1 aliphatic heterocycles. The van der Waals surface area contributed by atoms with Gasteiger partial charge in [0, 0.05) is 18.5 Å². The molecule has 0 spiro atoms. The van der Waals surface area contributed by atoms with Gasteiger partial charge in [0.05, 0.1) is 23.8 Å². The van der Waals surface area contributed by atoms with E-state index in [4.69, 9.17) is 4.74 Å². The minimum Gasteiger partial charge on any atom is -0.466 e. The normalized spacial score (nSPS) is 17.5. The van der Waals surface area contributed by atoms with Gasteiger partial charge >= 0.3 is 5.97 Å². The van der Waals surface area contributed by atoms with Crippen molar-refractivity contribution in [3.63, 3.8) is 0 Å². The fourth-order valence-corrected chi connectivity index (χ4v) is 3.87. The summed E-state index contributed by atoms with van der Waals surface area (Å²) in [5.74, 6) is -0.0741. The number of para-hydroxylation sites is 1. The molecule has 6 nitrogen and oxygen atoms in total. The Morgan fingerprint density at radius 3 is 3.00 bits per heavy atom. The van der Waals surface area contributed by atoms with E-state index < -0.39 is 0 Å². The first-order valence-electron chi connectivity index (χ1n) is 8.46. The molecular formula is C18H21N3O3S. The molecule has 2 heterocycles. The minimum atomic E-state index is -0.206. The number of fused-ring (bicyclic) bond motifs is 1. The van der Waals surface area contributed by atoms with Crippen LogP contribution < -0.4 is 0 Å². The lowest BCUT2D eigenvalue weighted by atomic mass is 9.98. The summed E-state index contributed by atoms with van der Waals surface area (Å²) in [5.41, 5.74) is 0.868. The molecule has 1 amide bonds. The monoisotopic (exact) mass is 359 g/mol. The number of aromatic nitrogens is 2. The van der Waals surface area contributed by atoms with Crippen molar-refractivity contribution in [2.24, 2.45) is 5.92 Å². The average molecular weight is 359 g/mol. The quantitative estimate of drug-likeness (QED) is 0.464. The maximum Gasteiger partial charge on any atom is 0.310 e. The number of esters is 1. The van der Waals surface area contributed by atoms with E-state index >= 15 is 0 Å². The molecule has 0 saturated carbocycles. The van der Waals surface area contributed by atoms with Gasteiger partial charge in [0.1, 0.15) is 11.4 Å². The summed E-state index contributed by atoms with van der Waals surface area (Å²) in [7, 11) is 0. The Labute approximate surface area is 151 Å². The Bertz CT molecular complexity index is 763. The summed E-state index contributed by atoms with van der Waals surface area (Å²) in [5, 5.41) is 1.75. The number of likely N-dealkylation sites (tertiary alicyclic amines) is 1. The predicted molar refractivity (Wildman–Crippen MR) is 96.2 cm³/mol. The maximum atomic E-state index is 12.5. The van der Waals surface area contributed by atoms with Crippen LogP contribution in [0.15, 0.2) is 35.6 Å². The molecule has 0 bridgehead atoms.